The number of hydrogen-bond donors (Lipinski definition) is 0. The van der Waals surface area contributed by atoms with Crippen molar-refractivity contribution in [1.29, 1.82) is 0 Å². The van der Waals surface area contributed by atoms with E-state index in [1.54, 1.807) is 17.4 Å². The number of benzene rings is 1. The van der Waals surface area contributed by atoms with E-state index in [-0.39, 0.29) is 5.75 Å². The number of halogens is 1. The first kappa shape index (κ1) is 14.4. The van der Waals surface area contributed by atoms with Crippen LogP contribution in [0.25, 0.3) is 10.9 Å². The third-order valence-corrected chi connectivity index (χ3v) is 5.26. The normalized spacial score (nSPS) is 17.8. The molecular formula is C17H16FN3OS. The molecular weight excluding hydrogens is 313 g/mol. The van der Waals surface area contributed by atoms with Crippen LogP contribution in [0.3, 0.4) is 0 Å². The van der Waals surface area contributed by atoms with Gasteiger partial charge in [0.2, 0.25) is 0 Å². The quantitative estimate of drug-likeness (QED) is 0.722. The summed E-state index contributed by atoms with van der Waals surface area (Å²) in [5.41, 5.74) is 0.602. The van der Waals surface area contributed by atoms with Crippen LogP contribution in [0, 0.1) is 5.82 Å². The van der Waals surface area contributed by atoms with Crippen LogP contribution in [0.4, 0.5) is 10.2 Å². The highest BCUT2D eigenvalue weighted by molar-refractivity contribution is 7.10. The molecule has 0 amide bonds. The Hall–Kier alpha value is -2.21. The van der Waals surface area contributed by atoms with E-state index in [1.165, 1.54) is 24.4 Å². The van der Waals surface area contributed by atoms with Crippen LogP contribution in [0.1, 0.15) is 23.8 Å². The molecule has 0 spiro atoms. The summed E-state index contributed by atoms with van der Waals surface area (Å²) in [4.78, 5) is 12.3. The van der Waals surface area contributed by atoms with Crippen molar-refractivity contribution in [3.63, 3.8) is 0 Å². The Morgan fingerprint density at radius 1 is 1.35 bits per heavy atom. The first-order chi connectivity index (χ1) is 11.3. The molecule has 1 aliphatic rings. The van der Waals surface area contributed by atoms with Gasteiger partial charge in [-0.3, -0.25) is 0 Å². The molecule has 1 saturated heterocycles. The van der Waals surface area contributed by atoms with Gasteiger partial charge in [0.05, 0.1) is 18.7 Å². The second-order valence-electron chi connectivity index (χ2n) is 5.57. The number of anilines is 1. The summed E-state index contributed by atoms with van der Waals surface area (Å²) in [6.07, 6.45) is 3.73. The van der Waals surface area contributed by atoms with Crippen molar-refractivity contribution in [3.8, 4) is 5.75 Å². The minimum Gasteiger partial charge on any atom is -0.494 e. The Kier molecular flexibility index (Phi) is 3.61. The summed E-state index contributed by atoms with van der Waals surface area (Å²) in [5, 5.41) is 2.93. The zero-order valence-electron chi connectivity index (χ0n) is 12.7. The Morgan fingerprint density at radius 3 is 3.04 bits per heavy atom. The molecule has 6 heteroatoms. The summed E-state index contributed by atoms with van der Waals surface area (Å²) in [5.74, 6) is 0.672. The molecule has 0 aliphatic carbocycles. The molecule has 0 radical (unpaired) electrons. The smallest absolute Gasteiger partial charge is 0.167 e. The minimum absolute atomic E-state index is 0.223. The largest absolute Gasteiger partial charge is 0.494 e. The van der Waals surface area contributed by atoms with Gasteiger partial charge in [-0.25, -0.2) is 14.4 Å². The lowest BCUT2D eigenvalue weighted by Crippen LogP contribution is -2.23. The fourth-order valence-corrected chi connectivity index (χ4v) is 4.10. The molecule has 3 aromatic rings. The van der Waals surface area contributed by atoms with Crippen LogP contribution in [0.5, 0.6) is 5.75 Å². The van der Waals surface area contributed by atoms with Gasteiger partial charge in [0, 0.05) is 22.9 Å². The Balaban J connectivity index is 1.84. The molecule has 0 bridgehead atoms. The maximum Gasteiger partial charge on any atom is 0.167 e. The van der Waals surface area contributed by atoms with E-state index in [0.29, 0.717) is 11.6 Å². The second kappa shape index (κ2) is 5.77. The highest BCUT2D eigenvalue weighted by Gasteiger charge is 2.29. The van der Waals surface area contributed by atoms with Crippen LogP contribution >= 0.6 is 11.3 Å². The Labute approximate surface area is 137 Å². The van der Waals surface area contributed by atoms with Gasteiger partial charge < -0.3 is 9.64 Å². The number of hydrogen-bond acceptors (Lipinski definition) is 5. The Bertz CT molecular complexity index is 837. The predicted octanol–water partition coefficient (Wildman–Crippen LogP) is 4.18. The zero-order chi connectivity index (χ0) is 15.8. The van der Waals surface area contributed by atoms with E-state index in [0.717, 1.165) is 30.6 Å². The van der Waals surface area contributed by atoms with Crippen molar-refractivity contribution in [2.75, 3.05) is 18.6 Å². The van der Waals surface area contributed by atoms with Crippen LogP contribution in [0.2, 0.25) is 0 Å². The van der Waals surface area contributed by atoms with Crippen molar-refractivity contribution >= 4 is 28.1 Å². The van der Waals surface area contributed by atoms with E-state index in [9.17, 15) is 4.39 Å². The van der Waals surface area contributed by atoms with Crippen molar-refractivity contribution in [1.82, 2.24) is 9.97 Å². The second-order valence-corrected chi connectivity index (χ2v) is 6.55. The molecule has 4 nitrogen and oxygen atoms in total. The summed E-state index contributed by atoms with van der Waals surface area (Å²) in [7, 11) is 1.47. The van der Waals surface area contributed by atoms with Gasteiger partial charge in [0.15, 0.2) is 11.6 Å². The third kappa shape index (κ3) is 2.43. The summed E-state index contributed by atoms with van der Waals surface area (Å²) >= 11 is 1.76. The number of ether oxygens (including phenoxy) is 1. The first-order valence-electron chi connectivity index (χ1n) is 7.56. The van der Waals surface area contributed by atoms with E-state index in [4.69, 9.17) is 4.74 Å². The van der Waals surface area contributed by atoms with Gasteiger partial charge in [-0.15, -0.1) is 11.3 Å². The van der Waals surface area contributed by atoms with Gasteiger partial charge in [-0.1, -0.05) is 6.07 Å². The first-order valence-corrected chi connectivity index (χ1v) is 8.44. The number of fused-ring (bicyclic) bond motifs is 1. The lowest BCUT2D eigenvalue weighted by molar-refractivity contribution is 0.387. The molecule has 1 unspecified atom stereocenters. The monoisotopic (exact) mass is 329 g/mol. The summed E-state index contributed by atoms with van der Waals surface area (Å²) < 4.78 is 19.1. The number of methoxy groups -OCH3 is 1. The van der Waals surface area contributed by atoms with Gasteiger partial charge in [0.25, 0.3) is 0 Å². The molecule has 1 aliphatic heterocycles. The highest BCUT2D eigenvalue weighted by Crippen LogP contribution is 2.40. The van der Waals surface area contributed by atoms with Crippen LogP contribution in [-0.4, -0.2) is 23.6 Å². The highest BCUT2D eigenvalue weighted by atomic mass is 32.1. The number of rotatable bonds is 3. The molecule has 0 N–H and O–H groups in total. The van der Waals surface area contributed by atoms with Crippen LogP contribution < -0.4 is 9.64 Å². The van der Waals surface area contributed by atoms with Crippen molar-refractivity contribution in [2.45, 2.75) is 18.9 Å². The SMILES string of the molecule is COc1cc2c(N3CCCC3c3cccs3)ncnc2cc1F. The van der Waals surface area contributed by atoms with E-state index in [1.807, 2.05) is 0 Å². The standard InChI is InChI=1S/C17H16FN3OS/c1-22-15-8-11-13(9-12(15)18)19-10-20-17(11)21-6-2-4-14(21)16-5-3-7-23-16/h3,5,7-10,14H,2,4,6H2,1H3. The topological polar surface area (TPSA) is 38.2 Å². The molecule has 23 heavy (non-hydrogen) atoms. The fraction of sp³-hybridized carbons (Fsp3) is 0.294. The summed E-state index contributed by atoms with van der Waals surface area (Å²) in [6.45, 7) is 0.939. The molecule has 4 rings (SSSR count). The fourth-order valence-electron chi connectivity index (χ4n) is 3.23. The molecule has 118 valence electrons. The maximum absolute atomic E-state index is 13.9. The van der Waals surface area contributed by atoms with Gasteiger partial charge in [0.1, 0.15) is 12.1 Å². The van der Waals surface area contributed by atoms with E-state index >= 15 is 0 Å². The molecule has 1 aromatic carbocycles. The third-order valence-electron chi connectivity index (χ3n) is 4.28. The lowest BCUT2D eigenvalue weighted by Gasteiger charge is -2.26. The predicted molar refractivity (Wildman–Crippen MR) is 89.7 cm³/mol. The minimum atomic E-state index is -0.402. The van der Waals surface area contributed by atoms with Crippen LogP contribution in [0.15, 0.2) is 36.0 Å². The van der Waals surface area contributed by atoms with Crippen LogP contribution in [-0.2, 0) is 0 Å². The average Bonchev–Trinajstić information content (AvgIpc) is 3.24. The Morgan fingerprint density at radius 2 is 2.26 bits per heavy atom. The van der Waals surface area contributed by atoms with E-state index in [2.05, 4.69) is 32.4 Å². The maximum atomic E-state index is 13.9. The number of thiophene rings is 1. The van der Waals surface area contributed by atoms with Crippen molar-refractivity contribution in [3.05, 3.63) is 46.7 Å². The molecule has 1 atom stereocenters. The lowest BCUT2D eigenvalue weighted by atomic mass is 10.1. The summed E-state index contributed by atoms with van der Waals surface area (Å²) in [6, 6.07) is 7.67. The van der Waals surface area contributed by atoms with Crippen molar-refractivity contribution in [2.24, 2.45) is 0 Å². The number of aromatic nitrogens is 2. The molecule has 2 aromatic heterocycles. The van der Waals surface area contributed by atoms with Gasteiger partial charge >= 0.3 is 0 Å². The molecule has 3 heterocycles. The molecule has 0 saturated carbocycles. The van der Waals surface area contributed by atoms with Gasteiger partial charge in [-0.2, -0.15) is 0 Å². The van der Waals surface area contributed by atoms with Crippen molar-refractivity contribution < 1.29 is 9.13 Å². The van der Waals surface area contributed by atoms with Gasteiger partial charge in [-0.05, 0) is 30.4 Å². The average molecular weight is 329 g/mol. The molecule has 1 fully saturated rings. The zero-order valence-corrected chi connectivity index (χ0v) is 13.5. The van der Waals surface area contributed by atoms with E-state index < -0.39 is 5.82 Å². The number of nitrogens with zero attached hydrogens (tertiary/aromatic N) is 3.